The number of hydrogen-bond donors (Lipinski definition) is 0. The summed E-state index contributed by atoms with van der Waals surface area (Å²) in [4.78, 5) is 8.71. The third kappa shape index (κ3) is 1.54. The van der Waals surface area contributed by atoms with Gasteiger partial charge in [-0.15, -0.1) is 12.1 Å². The van der Waals surface area contributed by atoms with Crippen molar-refractivity contribution in [2.24, 2.45) is 0 Å². The van der Waals surface area contributed by atoms with Gasteiger partial charge in [0.2, 0.25) is 0 Å². The SMILES string of the molecule is [Ir].[c-]1c2cccnc2cc2ccn3ccnc3c12. The predicted octanol–water partition coefficient (Wildman–Crippen LogP) is 2.83. The van der Waals surface area contributed by atoms with E-state index in [2.05, 4.69) is 28.2 Å². The molecule has 0 unspecified atom stereocenters. The molecule has 0 saturated carbocycles. The smallest absolute Gasteiger partial charge is 0.0775 e. The molecule has 4 rings (SSSR count). The molecule has 0 aliphatic rings. The van der Waals surface area contributed by atoms with E-state index in [1.807, 2.05) is 28.9 Å². The number of fused-ring (bicyclic) bond motifs is 4. The van der Waals surface area contributed by atoms with Crippen LogP contribution < -0.4 is 0 Å². The molecule has 4 heteroatoms. The number of benzene rings is 1. The predicted molar refractivity (Wildman–Crippen MR) is 66.8 cm³/mol. The molecular weight excluding hydrogens is 402 g/mol. The van der Waals surface area contributed by atoms with E-state index < -0.39 is 0 Å². The zero-order valence-corrected chi connectivity index (χ0v) is 11.7. The van der Waals surface area contributed by atoms with E-state index in [1.54, 1.807) is 12.4 Å². The minimum atomic E-state index is 0. The van der Waals surface area contributed by atoms with Crippen LogP contribution in [0.1, 0.15) is 0 Å². The number of rotatable bonds is 0. The maximum atomic E-state index is 4.36. The summed E-state index contributed by atoms with van der Waals surface area (Å²) in [6, 6.07) is 11.5. The van der Waals surface area contributed by atoms with Crippen LogP contribution in [0.15, 0.2) is 49.1 Å². The van der Waals surface area contributed by atoms with Gasteiger partial charge in [-0.25, -0.2) is 0 Å². The molecule has 0 fully saturated rings. The van der Waals surface area contributed by atoms with Crippen molar-refractivity contribution >= 4 is 27.3 Å². The molecule has 0 spiro atoms. The average molecular weight is 410 g/mol. The zero-order chi connectivity index (χ0) is 11.2. The van der Waals surface area contributed by atoms with Crippen molar-refractivity contribution in [3.63, 3.8) is 0 Å². The second kappa shape index (κ2) is 4.16. The van der Waals surface area contributed by atoms with Crippen LogP contribution in [0.2, 0.25) is 0 Å². The van der Waals surface area contributed by atoms with Gasteiger partial charge in [0.25, 0.3) is 0 Å². The van der Waals surface area contributed by atoms with Crippen LogP contribution in [0, 0.1) is 6.07 Å². The number of pyridine rings is 2. The molecule has 0 aliphatic heterocycles. The fourth-order valence-corrected chi connectivity index (χ4v) is 2.17. The molecule has 3 nitrogen and oxygen atoms in total. The van der Waals surface area contributed by atoms with Gasteiger partial charge in [-0.1, -0.05) is 34.4 Å². The molecule has 1 aromatic carbocycles. The number of imidazole rings is 1. The Morgan fingerprint density at radius 1 is 1.06 bits per heavy atom. The molecule has 89 valence electrons. The van der Waals surface area contributed by atoms with E-state index in [-0.39, 0.29) is 20.1 Å². The molecule has 3 aromatic heterocycles. The second-order valence-electron chi connectivity index (χ2n) is 4.01. The van der Waals surface area contributed by atoms with Crippen LogP contribution >= 0.6 is 0 Å². The van der Waals surface area contributed by atoms with Crippen LogP contribution in [0.3, 0.4) is 0 Å². The van der Waals surface area contributed by atoms with Crippen LogP contribution in [0.4, 0.5) is 0 Å². The molecule has 0 bridgehead atoms. The summed E-state index contributed by atoms with van der Waals surface area (Å²) in [5.41, 5.74) is 1.91. The van der Waals surface area contributed by atoms with E-state index in [9.17, 15) is 0 Å². The molecule has 3 heterocycles. The summed E-state index contributed by atoms with van der Waals surface area (Å²) in [7, 11) is 0. The van der Waals surface area contributed by atoms with Crippen molar-refractivity contribution in [2.75, 3.05) is 0 Å². The van der Waals surface area contributed by atoms with Gasteiger partial charge < -0.3 is 4.40 Å². The summed E-state index contributed by atoms with van der Waals surface area (Å²) in [5, 5.41) is 3.18. The first kappa shape index (κ1) is 11.3. The van der Waals surface area contributed by atoms with E-state index in [4.69, 9.17) is 0 Å². The quantitative estimate of drug-likeness (QED) is 0.330. The topological polar surface area (TPSA) is 30.2 Å². The number of aromatic nitrogens is 3. The molecule has 0 aliphatic carbocycles. The Labute approximate surface area is 117 Å². The largest absolute Gasteiger partial charge is 0.339 e. The number of nitrogens with zero attached hydrogens (tertiary/aromatic N) is 3. The Morgan fingerprint density at radius 2 is 2.00 bits per heavy atom. The Kier molecular flexibility index (Phi) is 2.62. The summed E-state index contributed by atoms with van der Waals surface area (Å²) in [6.07, 6.45) is 7.55. The second-order valence-corrected chi connectivity index (χ2v) is 4.01. The zero-order valence-electron chi connectivity index (χ0n) is 9.29. The van der Waals surface area contributed by atoms with Gasteiger partial charge >= 0.3 is 0 Å². The van der Waals surface area contributed by atoms with Gasteiger partial charge in [-0.2, -0.15) is 0 Å². The molecule has 0 N–H and O–H groups in total. The minimum Gasteiger partial charge on any atom is -0.339 e. The number of hydrogen-bond acceptors (Lipinski definition) is 2. The fraction of sp³-hybridized carbons (Fsp3) is 0. The van der Waals surface area contributed by atoms with Crippen molar-refractivity contribution in [2.45, 2.75) is 0 Å². The summed E-state index contributed by atoms with van der Waals surface area (Å²) >= 11 is 0. The first-order valence-corrected chi connectivity index (χ1v) is 5.44. The maximum absolute atomic E-state index is 4.36. The van der Waals surface area contributed by atoms with Gasteiger partial charge in [-0.3, -0.25) is 9.97 Å². The van der Waals surface area contributed by atoms with Gasteiger partial charge in [0, 0.05) is 38.7 Å². The molecule has 0 amide bonds. The first-order chi connectivity index (χ1) is 8.42. The van der Waals surface area contributed by atoms with E-state index in [0.29, 0.717) is 0 Å². The van der Waals surface area contributed by atoms with Gasteiger partial charge in [0.05, 0.1) is 5.65 Å². The van der Waals surface area contributed by atoms with E-state index in [0.717, 1.165) is 27.3 Å². The standard InChI is InChI=1S/C14H8N3.Ir/c1-2-11-8-12-10(9-13(11)15-4-1)3-6-17-7-5-16-14(12)17;/h1-7,9H;/q-1;. The normalized spacial score (nSPS) is 10.9. The van der Waals surface area contributed by atoms with Crippen molar-refractivity contribution in [3.05, 3.63) is 55.1 Å². The third-order valence-electron chi connectivity index (χ3n) is 2.99. The summed E-state index contributed by atoms with van der Waals surface area (Å²) in [5.74, 6) is 0. The van der Waals surface area contributed by atoms with Crippen molar-refractivity contribution in [3.8, 4) is 0 Å². The van der Waals surface area contributed by atoms with Crippen molar-refractivity contribution in [1.29, 1.82) is 0 Å². The van der Waals surface area contributed by atoms with Crippen LogP contribution in [0.25, 0.3) is 27.3 Å². The summed E-state index contributed by atoms with van der Waals surface area (Å²) < 4.78 is 2.00. The third-order valence-corrected chi connectivity index (χ3v) is 2.99. The Bertz CT molecular complexity index is 851. The van der Waals surface area contributed by atoms with Crippen molar-refractivity contribution in [1.82, 2.24) is 14.4 Å². The molecule has 18 heavy (non-hydrogen) atoms. The van der Waals surface area contributed by atoms with E-state index >= 15 is 0 Å². The molecule has 4 aromatic rings. The molecule has 1 radical (unpaired) electrons. The monoisotopic (exact) mass is 411 g/mol. The first-order valence-electron chi connectivity index (χ1n) is 5.44. The molecular formula is C14H8IrN3-. The molecule has 0 atom stereocenters. The van der Waals surface area contributed by atoms with Crippen LogP contribution in [0.5, 0.6) is 0 Å². The van der Waals surface area contributed by atoms with Gasteiger partial charge in [0.1, 0.15) is 0 Å². The van der Waals surface area contributed by atoms with Gasteiger partial charge in [-0.05, 0) is 11.7 Å². The minimum absolute atomic E-state index is 0. The Balaban J connectivity index is 0.000001000. The summed E-state index contributed by atoms with van der Waals surface area (Å²) in [6.45, 7) is 0. The fourth-order valence-electron chi connectivity index (χ4n) is 2.17. The van der Waals surface area contributed by atoms with Crippen LogP contribution in [-0.4, -0.2) is 14.4 Å². The maximum Gasteiger partial charge on any atom is 0.0775 e. The van der Waals surface area contributed by atoms with E-state index in [1.165, 1.54) is 0 Å². The average Bonchev–Trinajstić information content (AvgIpc) is 2.85. The van der Waals surface area contributed by atoms with Crippen LogP contribution in [-0.2, 0) is 20.1 Å². The molecule has 0 saturated heterocycles. The Morgan fingerprint density at radius 3 is 2.94 bits per heavy atom. The van der Waals surface area contributed by atoms with Gasteiger partial charge in [0.15, 0.2) is 0 Å². The Hall–Kier alpha value is -1.77. The van der Waals surface area contributed by atoms with Crippen molar-refractivity contribution < 1.29 is 20.1 Å².